The molecular weight excluding hydrogens is 266 g/mol. The predicted molar refractivity (Wildman–Crippen MR) is 78.1 cm³/mol. The van der Waals surface area contributed by atoms with Crippen molar-refractivity contribution in [1.29, 1.82) is 0 Å². The molecule has 21 heavy (non-hydrogen) atoms. The summed E-state index contributed by atoms with van der Waals surface area (Å²) >= 11 is 0. The number of cyclic esters (lactones) is 1. The summed E-state index contributed by atoms with van der Waals surface area (Å²) in [6.45, 7) is 0.953. The fraction of sp³-hybridized carbons (Fsp3) is 0.412. The Kier molecular flexibility index (Phi) is 4.04. The van der Waals surface area contributed by atoms with Crippen LogP contribution in [0.15, 0.2) is 42.5 Å². The number of nitrogens with one attached hydrogen (secondary N) is 1. The van der Waals surface area contributed by atoms with Gasteiger partial charge in [-0.1, -0.05) is 42.5 Å². The average Bonchev–Trinajstić information content (AvgIpc) is 2.53. The molecule has 3 atom stereocenters. The van der Waals surface area contributed by atoms with Crippen molar-refractivity contribution in [2.24, 2.45) is 17.8 Å². The SMILES string of the molecule is O=C(NCc1ccccc1)[C@@H]1CC=CC2CCOC(=O)[C@@H]21. The van der Waals surface area contributed by atoms with E-state index in [1.54, 1.807) is 0 Å². The van der Waals surface area contributed by atoms with Crippen molar-refractivity contribution in [2.75, 3.05) is 6.61 Å². The molecule has 4 nitrogen and oxygen atoms in total. The van der Waals surface area contributed by atoms with Crippen LogP contribution in [0.1, 0.15) is 18.4 Å². The zero-order chi connectivity index (χ0) is 14.7. The largest absolute Gasteiger partial charge is 0.465 e. The second kappa shape index (κ2) is 6.12. The monoisotopic (exact) mass is 285 g/mol. The molecule has 1 aliphatic carbocycles. The van der Waals surface area contributed by atoms with E-state index < -0.39 is 0 Å². The smallest absolute Gasteiger partial charge is 0.310 e. The number of hydrogen-bond donors (Lipinski definition) is 1. The first-order valence-electron chi connectivity index (χ1n) is 7.40. The number of carbonyl (C=O) groups excluding carboxylic acids is 2. The van der Waals surface area contributed by atoms with Crippen LogP contribution < -0.4 is 5.32 Å². The quantitative estimate of drug-likeness (QED) is 0.683. The normalized spacial score (nSPS) is 27.6. The third-order valence-corrected chi connectivity index (χ3v) is 4.28. The van der Waals surface area contributed by atoms with Crippen LogP contribution >= 0.6 is 0 Å². The Morgan fingerprint density at radius 2 is 2.10 bits per heavy atom. The number of benzene rings is 1. The first-order chi connectivity index (χ1) is 10.3. The van der Waals surface area contributed by atoms with Crippen molar-refractivity contribution in [3.63, 3.8) is 0 Å². The molecule has 1 aliphatic heterocycles. The average molecular weight is 285 g/mol. The van der Waals surface area contributed by atoms with Crippen LogP contribution in [0.2, 0.25) is 0 Å². The van der Waals surface area contributed by atoms with Crippen molar-refractivity contribution in [2.45, 2.75) is 19.4 Å². The zero-order valence-corrected chi connectivity index (χ0v) is 11.8. The van der Waals surface area contributed by atoms with E-state index in [-0.39, 0.29) is 29.6 Å². The highest BCUT2D eigenvalue weighted by atomic mass is 16.5. The summed E-state index contributed by atoms with van der Waals surface area (Å²) in [7, 11) is 0. The second-order valence-corrected chi connectivity index (χ2v) is 5.62. The molecule has 1 saturated heterocycles. The van der Waals surface area contributed by atoms with Crippen LogP contribution in [0, 0.1) is 17.8 Å². The molecule has 2 aliphatic rings. The molecule has 110 valence electrons. The zero-order valence-electron chi connectivity index (χ0n) is 11.8. The van der Waals surface area contributed by atoms with Gasteiger partial charge in [0, 0.05) is 6.54 Å². The first kappa shape index (κ1) is 13.9. The molecule has 0 aromatic heterocycles. The first-order valence-corrected chi connectivity index (χ1v) is 7.40. The molecule has 1 aromatic rings. The maximum Gasteiger partial charge on any atom is 0.310 e. The highest BCUT2D eigenvalue weighted by Gasteiger charge is 2.42. The van der Waals surface area contributed by atoms with E-state index in [9.17, 15) is 9.59 Å². The predicted octanol–water partition coefficient (Wildman–Crippen LogP) is 2.06. The third kappa shape index (κ3) is 2.99. The van der Waals surface area contributed by atoms with Crippen molar-refractivity contribution in [3.8, 4) is 0 Å². The number of allylic oxidation sites excluding steroid dienone is 2. The van der Waals surface area contributed by atoms with Crippen molar-refractivity contribution in [3.05, 3.63) is 48.0 Å². The second-order valence-electron chi connectivity index (χ2n) is 5.62. The van der Waals surface area contributed by atoms with Gasteiger partial charge in [0.15, 0.2) is 0 Å². The standard InChI is InChI=1S/C17H19NO3/c19-16(18-11-12-5-2-1-3-6-12)14-8-4-7-13-9-10-21-17(20)15(13)14/h1-7,13-15H,8-11H2,(H,18,19)/t13?,14-,15+/m1/s1. The number of fused-ring (bicyclic) bond motifs is 1. The molecule has 1 heterocycles. The van der Waals surface area contributed by atoms with Gasteiger partial charge in [0.2, 0.25) is 5.91 Å². The molecule has 4 heteroatoms. The van der Waals surface area contributed by atoms with Gasteiger partial charge in [-0.3, -0.25) is 9.59 Å². The summed E-state index contributed by atoms with van der Waals surface area (Å²) in [6, 6.07) is 9.77. The van der Waals surface area contributed by atoms with Crippen LogP contribution in [-0.2, 0) is 20.9 Å². The summed E-state index contributed by atoms with van der Waals surface area (Å²) in [6.07, 6.45) is 5.50. The molecule has 1 amide bonds. The van der Waals surface area contributed by atoms with Crippen LogP contribution in [-0.4, -0.2) is 18.5 Å². The van der Waals surface area contributed by atoms with Crippen LogP contribution in [0.25, 0.3) is 0 Å². The fourth-order valence-corrected chi connectivity index (χ4v) is 3.16. The van der Waals surface area contributed by atoms with Gasteiger partial charge in [-0.05, 0) is 24.3 Å². The Morgan fingerprint density at radius 1 is 1.29 bits per heavy atom. The molecule has 0 spiro atoms. The number of amides is 1. The van der Waals surface area contributed by atoms with Crippen LogP contribution in [0.3, 0.4) is 0 Å². The maximum absolute atomic E-state index is 12.4. The van der Waals surface area contributed by atoms with E-state index in [1.807, 2.05) is 36.4 Å². The summed E-state index contributed by atoms with van der Waals surface area (Å²) in [5.74, 6) is -0.768. The number of hydrogen-bond acceptors (Lipinski definition) is 3. The third-order valence-electron chi connectivity index (χ3n) is 4.28. The molecule has 0 radical (unpaired) electrons. The lowest BCUT2D eigenvalue weighted by Crippen LogP contribution is -2.45. The molecule has 3 rings (SSSR count). The van der Waals surface area contributed by atoms with Gasteiger partial charge in [0.05, 0.1) is 18.4 Å². The Morgan fingerprint density at radius 3 is 2.90 bits per heavy atom. The number of esters is 1. The molecule has 1 aromatic carbocycles. The summed E-state index contributed by atoms with van der Waals surface area (Å²) < 4.78 is 5.14. The van der Waals surface area contributed by atoms with Gasteiger partial charge in [0.25, 0.3) is 0 Å². The molecule has 1 unspecified atom stereocenters. The summed E-state index contributed by atoms with van der Waals surface area (Å²) in [5, 5.41) is 2.94. The lowest BCUT2D eigenvalue weighted by molar-refractivity contribution is -0.161. The van der Waals surface area contributed by atoms with E-state index >= 15 is 0 Å². The molecule has 1 N–H and O–H groups in total. The van der Waals surface area contributed by atoms with Crippen molar-refractivity contribution < 1.29 is 14.3 Å². The topological polar surface area (TPSA) is 55.4 Å². The Hall–Kier alpha value is -2.10. The minimum absolute atomic E-state index is 0.0583. The van der Waals surface area contributed by atoms with E-state index in [0.717, 1.165) is 12.0 Å². The van der Waals surface area contributed by atoms with E-state index in [2.05, 4.69) is 11.4 Å². The minimum atomic E-state index is -0.320. The lowest BCUT2D eigenvalue weighted by atomic mass is 9.73. The van der Waals surface area contributed by atoms with Gasteiger partial charge >= 0.3 is 5.97 Å². The van der Waals surface area contributed by atoms with Gasteiger partial charge in [-0.15, -0.1) is 0 Å². The van der Waals surface area contributed by atoms with Crippen LogP contribution in [0.4, 0.5) is 0 Å². The van der Waals surface area contributed by atoms with Gasteiger partial charge in [-0.25, -0.2) is 0 Å². The molecular formula is C17H19NO3. The Labute approximate surface area is 124 Å². The van der Waals surface area contributed by atoms with Gasteiger partial charge in [0.1, 0.15) is 0 Å². The van der Waals surface area contributed by atoms with E-state index in [1.165, 1.54) is 0 Å². The summed E-state index contributed by atoms with van der Waals surface area (Å²) in [5.41, 5.74) is 1.06. The maximum atomic E-state index is 12.4. The lowest BCUT2D eigenvalue weighted by Gasteiger charge is -2.35. The van der Waals surface area contributed by atoms with E-state index in [0.29, 0.717) is 19.6 Å². The summed E-state index contributed by atoms with van der Waals surface area (Å²) in [4.78, 5) is 24.4. The van der Waals surface area contributed by atoms with Gasteiger partial charge in [-0.2, -0.15) is 0 Å². The highest BCUT2D eigenvalue weighted by molar-refractivity contribution is 5.86. The van der Waals surface area contributed by atoms with E-state index in [4.69, 9.17) is 4.74 Å². The van der Waals surface area contributed by atoms with Crippen LogP contribution in [0.5, 0.6) is 0 Å². The fourth-order valence-electron chi connectivity index (χ4n) is 3.16. The number of ether oxygens (including phenoxy) is 1. The van der Waals surface area contributed by atoms with Crippen molar-refractivity contribution >= 4 is 11.9 Å². The van der Waals surface area contributed by atoms with Crippen molar-refractivity contribution in [1.82, 2.24) is 5.32 Å². The molecule has 0 bridgehead atoms. The Balaban J connectivity index is 1.66. The minimum Gasteiger partial charge on any atom is -0.465 e. The molecule has 0 saturated carbocycles. The van der Waals surface area contributed by atoms with Gasteiger partial charge < -0.3 is 10.1 Å². The Bertz CT molecular complexity index is 552. The number of rotatable bonds is 3. The number of carbonyl (C=O) groups is 2. The highest BCUT2D eigenvalue weighted by Crippen LogP contribution is 2.36. The molecule has 1 fully saturated rings.